The summed E-state index contributed by atoms with van der Waals surface area (Å²) in [5, 5.41) is 7.07. The first kappa shape index (κ1) is 52.8. The van der Waals surface area contributed by atoms with E-state index in [0.717, 1.165) is 89.4 Å². The molecule has 92 heavy (non-hydrogen) atoms. The molecule has 0 aliphatic heterocycles. The molecule has 0 atom stereocenters. The molecule has 0 saturated heterocycles. The number of benzene rings is 13. The van der Waals surface area contributed by atoms with Gasteiger partial charge in [0.1, 0.15) is 22.3 Å². The van der Waals surface area contributed by atoms with Crippen LogP contribution in [0.5, 0.6) is 0 Å². The van der Waals surface area contributed by atoms with Gasteiger partial charge in [0.15, 0.2) is 0 Å². The zero-order valence-corrected chi connectivity index (χ0v) is 52.1. The largest absolute Gasteiger partial charge is 0.455 e. The molecule has 5 nitrogen and oxygen atoms in total. The monoisotopic (exact) mass is 1180 g/mol. The van der Waals surface area contributed by atoms with Crippen molar-refractivity contribution < 1.29 is 8.83 Å². The number of aromatic nitrogens is 1. The van der Waals surface area contributed by atoms with E-state index in [-0.39, 0.29) is 10.8 Å². The number of rotatable bonds is 8. The summed E-state index contributed by atoms with van der Waals surface area (Å²) in [6.07, 6.45) is 0. The molecule has 0 fully saturated rings. The van der Waals surface area contributed by atoms with Crippen molar-refractivity contribution >= 4 is 99.8 Å². The molecule has 0 amide bonds. The van der Waals surface area contributed by atoms with Crippen LogP contribution in [0.2, 0.25) is 0 Å². The zero-order valence-electron chi connectivity index (χ0n) is 52.1. The number of hydrogen-bond acceptors (Lipinski definition) is 4. The van der Waals surface area contributed by atoms with Crippen LogP contribution in [0.15, 0.2) is 282 Å². The number of furan rings is 2. The van der Waals surface area contributed by atoms with E-state index in [4.69, 9.17) is 8.83 Å². The van der Waals surface area contributed by atoms with E-state index in [9.17, 15) is 0 Å². The van der Waals surface area contributed by atoms with Crippen molar-refractivity contribution in [1.82, 2.24) is 4.57 Å². The second-order valence-electron chi connectivity index (χ2n) is 27.1. The maximum Gasteiger partial charge on any atom is 0.144 e. The van der Waals surface area contributed by atoms with Gasteiger partial charge in [-0.3, -0.25) is 0 Å². The fourth-order valence-corrected chi connectivity index (χ4v) is 16.9. The molecule has 3 aromatic heterocycles. The van der Waals surface area contributed by atoms with Gasteiger partial charge in [-0.1, -0.05) is 193 Å². The van der Waals surface area contributed by atoms with Crippen molar-refractivity contribution in [2.24, 2.45) is 0 Å². The summed E-state index contributed by atoms with van der Waals surface area (Å²) < 4.78 is 16.6. The third kappa shape index (κ3) is 7.19. The van der Waals surface area contributed by atoms with Crippen molar-refractivity contribution in [3.05, 3.63) is 306 Å². The summed E-state index contributed by atoms with van der Waals surface area (Å²) in [7, 11) is 0. The van der Waals surface area contributed by atoms with Gasteiger partial charge in [-0.05, 0) is 188 Å². The molecule has 3 aliphatic carbocycles. The summed E-state index contributed by atoms with van der Waals surface area (Å²) in [5.41, 5.74) is 30.4. The predicted molar refractivity (Wildman–Crippen MR) is 383 cm³/mol. The molecule has 5 heteroatoms. The molecule has 0 unspecified atom stereocenters. The molecule has 0 radical (unpaired) electrons. The SMILES string of the molecule is CC1(C)c2cc(N(c3ccc(N(c4ccccc4)c4ccccc4)cc3)c3ccc4c(c3)C(C)(C)c3c5c(c6oc7ccccc7c6c3-4)-c3ccccc3C5(C)C)ccc2-c2c1cc(-c1ccc3c(c1)c1ccccc1n3-c1ccccc1)c1oc3ccccc3c21. The molecule has 16 aromatic rings. The Morgan fingerprint density at radius 3 is 1.40 bits per heavy atom. The van der Waals surface area contributed by atoms with Crippen LogP contribution < -0.4 is 9.80 Å². The number of nitrogens with zero attached hydrogens (tertiary/aromatic N) is 3. The van der Waals surface area contributed by atoms with Gasteiger partial charge in [0, 0.05) is 99.5 Å². The first-order valence-electron chi connectivity index (χ1n) is 32.2. The second kappa shape index (κ2) is 19.0. The zero-order chi connectivity index (χ0) is 61.5. The third-order valence-corrected chi connectivity index (χ3v) is 21.1. The average Bonchev–Trinajstić information content (AvgIpc) is 1.51. The normalized spacial score (nSPS) is 14.5. The Hall–Kier alpha value is -11.1. The molecule has 3 heterocycles. The van der Waals surface area contributed by atoms with Crippen molar-refractivity contribution in [2.75, 3.05) is 9.80 Å². The van der Waals surface area contributed by atoms with E-state index in [1.54, 1.807) is 0 Å². The molecule has 19 rings (SSSR count). The summed E-state index contributed by atoms with van der Waals surface area (Å²) in [4.78, 5) is 4.84. The van der Waals surface area contributed by atoms with E-state index in [1.165, 1.54) is 94.0 Å². The number of para-hydroxylation sites is 6. The van der Waals surface area contributed by atoms with Gasteiger partial charge in [-0.25, -0.2) is 0 Å². The van der Waals surface area contributed by atoms with Gasteiger partial charge in [0.25, 0.3) is 0 Å². The molecule has 3 aliphatic rings. The fraction of sp³-hybridized carbons (Fsp3) is 0.103. The van der Waals surface area contributed by atoms with Crippen LogP contribution in [0.1, 0.15) is 74.9 Å². The Kier molecular flexibility index (Phi) is 10.9. The molecule has 0 N–H and O–H groups in total. The second-order valence-corrected chi connectivity index (χ2v) is 27.1. The molecule has 0 spiro atoms. The Balaban J connectivity index is 0.808. The lowest BCUT2D eigenvalue weighted by atomic mass is 9.72. The van der Waals surface area contributed by atoms with E-state index in [0.29, 0.717) is 0 Å². The van der Waals surface area contributed by atoms with E-state index in [1.807, 2.05) is 0 Å². The quantitative estimate of drug-likeness (QED) is 0.152. The summed E-state index contributed by atoms with van der Waals surface area (Å²) in [6.45, 7) is 14.6. The topological polar surface area (TPSA) is 37.7 Å². The standard InChI is InChI=1S/C87H63N3O2/c1-85(2)69-49-58(43-45-62(69)76-71(85)51-66(83-78(76)64-32-18-22-36-74(64)91-83)52-38-47-73-67(48-52)60-30-17-21-35-72(60)90(73)55-28-14-9-15-29-55)89(57-41-39-56(40-42-57)88(53-24-10-7-11-25-53)54-26-12-8-13-27-54)59-44-46-63-70(50-59)87(5,6)81-77(63)79-65-33-19-23-37-75(65)92-84(79)80-61-31-16-20-34-68(61)86(3,4)82(80)81/h7-51H,1-6H3. The number of hydrogen-bond donors (Lipinski definition) is 0. The Morgan fingerprint density at radius 2 is 0.750 bits per heavy atom. The molecule has 13 aromatic carbocycles. The maximum absolute atomic E-state index is 7.13. The minimum Gasteiger partial charge on any atom is -0.455 e. The van der Waals surface area contributed by atoms with Gasteiger partial charge in [-0.15, -0.1) is 0 Å². The van der Waals surface area contributed by atoms with Gasteiger partial charge >= 0.3 is 0 Å². The van der Waals surface area contributed by atoms with Crippen LogP contribution >= 0.6 is 0 Å². The highest BCUT2D eigenvalue weighted by Gasteiger charge is 2.49. The molecule has 0 bridgehead atoms. The van der Waals surface area contributed by atoms with E-state index < -0.39 is 5.41 Å². The van der Waals surface area contributed by atoms with Crippen molar-refractivity contribution in [1.29, 1.82) is 0 Å². The Labute approximate surface area is 534 Å². The molecule has 0 saturated carbocycles. The van der Waals surface area contributed by atoms with Gasteiger partial charge in [-0.2, -0.15) is 0 Å². The highest BCUT2D eigenvalue weighted by atomic mass is 16.3. The van der Waals surface area contributed by atoms with Crippen LogP contribution in [0, 0.1) is 0 Å². The fourth-order valence-electron chi connectivity index (χ4n) is 16.9. The van der Waals surface area contributed by atoms with Gasteiger partial charge in [0.2, 0.25) is 0 Å². The van der Waals surface area contributed by atoms with Crippen molar-refractivity contribution in [3.63, 3.8) is 0 Å². The average molecular weight is 1180 g/mol. The van der Waals surface area contributed by atoms with Crippen LogP contribution in [-0.4, -0.2) is 4.57 Å². The first-order valence-corrected chi connectivity index (χ1v) is 32.2. The van der Waals surface area contributed by atoms with Gasteiger partial charge < -0.3 is 23.2 Å². The van der Waals surface area contributed by atoms with Crippen molar-refractivity contribution in [2.45, 2.75) is 57.8 Å². The van der Waals surface area contributed by atoms with Gasteiger partial charge in [0.05, 0.1) is 11.0 Å². The van der Waals surface area contributed by atoms with Crippen LogP contribution in [-0.2, 0) is 16.2 Å². The Bertz CT molecular complexity index is 5740. The molecular formula is C87H63N3O2. The van der Waals surface area contributed by atoms with Crippen LogP contribution in [0.4, 0.5) is 34.1 Å². The lowest BCUT2D eigenvalue weighted by Gasteiger charge is -2.32. The van der Waals surface area contributed by atoms with E-state index in [2.05, 4.69) is 329 Å². The predicted octanol–water partition coefficient (Wildman–Crippen LogP) is 24.1. The molecule has 438 valence electrons. The number of anilines is 6. The Morgan fingerprint density at radius 1 is 0.293 bits per heavy atom. The minimum absolute atomic E-state index is 0.270. The highest BCUT2D eigenvalue weighted by molar-refractivity contribution is 6.22. The lowest BCUT2D eigenvalue weighted by molar-refractivity contribution is 0.600. The maximum atomic E-state index is 7.13. The lowest BCUT2D eigenvalue weighted by Crippen LogP contribution is -2.24. The van der Waals surface area contributed by atoms with Crippen LogP contribution in [0.25, 0.3) is 116 Å². The molecular weight excluding hydrogens is 1120 g/mol. The van der Waals surface area contributed by atoms with Crippen LogP contribution in [0.3, 0.4) is 0 Å². The highest BCUT2D eigenvalue weighted by Crippen LogP contribution is 2.64. The van der Waals surface area contributed by atoms with Crippen molar-refractivity contribution in [3.8, 4) is 50.2 Å². The summed E-state index contributed by atoms with van der Waals surface area (Å²) in [5.74, 6) is 0. The summed E-state index contributed by atoms with van der Waals surface area (Å²) >= 11 is 0. The summed E-state index contributed by atoms with van der Waals surface area (Å²) in [6, 6.07) is 100. The number of fused-ring (bicyclic) bond motifs is 22. The minimum atomic E-state index is -0.415. The first-order chi connectivity index (χ1) is 44.9. The smallest absolute Gasteiger partial charge is 0.144 e. The van der Waals surface area contributed by atoms with E-state index >= 15 is 0 Å². The third-order valence-electron chi connectivity index (χ3n) is 21.1.